The third-order valence-corrected chi connectivity index (χ3v) is 5.49. The van der Waals surface area contributed by atoms with Gasteiger partial charge in [-0.3, -0.25) is 0 Å². The predicted molar refractivity (Wildman–Crippen MR) is 120 cm³/mol. The first-order valence-electron chi connectivity index (χ1n) is 10.2. The summed E-state index contributed by atoms with van der Waals surface area (Å²) in [7, 11) is 0. The van der Waals surface area contributed by atoms with Crippen LogP contribution in [0.2, 0.25) is 0 Å². The van der Waals surface area contributed by atoms with Crippen molar-refractivity contribution in [3.63, 3.8) is 0 Å². The molecule has 4 heteroatoms. The van der Waals surface area contributed by atoms with E-state index in [4.69, 9.17) is 16.6 Å². The Bertz CT molecular complexity index is 1110. The number of ether oxygens (including phenoxy) is 1. The molecule has 0 saturated heterocycles. The standard InChI is InChI=1S/C26H23N3O/c1-19-5-9-23(10-6-19)29-14-3-4-22-16-20(8-12-26(22)29)7-11-24-17-21(13-15-30-24)25(18-27)28-2/h5-12,16-17H,3-4,13-15H2,1H3/b11-7+,25-21+. The smallest absolute Gasteiger partial charge is 0.265 e. The third-order valence-electron chi connectivity index (χ3n) is 5.49. The lowest BCUT2D eigenvalue weighted by molar-refractivity contribution is 0.219. The Balaban J connectivity index is 1.58. The summed E-state index contributed by atoms with van der Waals surface area (Å²) in [5.41, 5.74) is 7.14. The van der Waals surface area contributed by atoms with Crippen LogP contribution in [0.25, 0.3) is 10.9 Å². The number of fused-ring (bicyclic) bond motifs is 1. The number of anilines is 2. The van der Waals surface area contributed by atoms with Crippen LogP contribution in [0.5, 0.6) is 0 Å². The minimum absolute atomic E-state index is 0.147. The number of hydrogen-bond donors (Lipinski definition) is 0. The van der Waals surface area contributed by atoms with Gasteiger partial charge in [0.05, 0.1) is 19.2 Å². The topological polar surface area (TPSA) is 40.6 Å². The Morgan fingerprint density at radius 1 is 1.17 bits per heavy atom. The predicted octanol–water partition coefficient (Wildman–Crippen LogP) is 6.09. The van der Waals surface area contributed by atoms with E-state index in [9.17, 15) is 0 Å². The maximum Gasteiger partial charge on any atom is 0.265 e. The molecule has 2 aliphatic heterocycles. The number of nitriles is 1. The zero-order chi connectivity index (χ0) is 20.9. The molecule has 0 saturated carbocycles. The highest BCUT2D eigenvalue weighted by Crippen LogP contribution is 2.34. The summed E-state index contributed by atoms with van der Waals surface area (Å²) in [5, 5.41) is 9.09. The van der Waals surface area contributed by atoms with Gasteiger partial charge in [0.25, 0.3) is 5.70 Å². The van der Waals surface area contributed by atoms with Gasteiger partial charge in [-0.05, 0) is 79.3 Å². The Labute approximate surface area is 177 Å². The molecule has 0 unspecified atom stereocenters. The summed E-state index contributed by atoms with van der Waals surface area (Å²) in [6.45, 7) is 10.8. The van der Waals surface area contributed by atoms with E-state index in [-0.39, 0.29) is 5.70 Å². The van der Waals surface area contributed by atoms with Crippen molar-refractivity contribution in [2.24, 2.45) is 0 Å². The Kier molecular flexibility index (Phi) is 5.68. The number of nitrogens with zero attached hydrogens (tertiary/aromatic N) is 3. The quantitative estimate of drug-likeness (QED) is 0.468. The van der Waals surface area contributed by atoms with Gasteiger partial charge in [0.1, 0.15) is 5.76 Å². The molecule has 2 aromatic carbocycles. The molecule has 0 bridgehead atoms. The SMILES string of the molecule is [C-]#[N+]/C(C#N)=C1C=C(/C=C/c2ccc3c(c2)CCCN3c2ccc(C)cc2)OCC/1. The van der Waals surface area contributed by atoms with Crippen molar-refractivity contribution in [1.29, 1.82) is 5.26 Å². The van der Waals surface area contributed by atoms with E-state index in [2.05, 4.69) is 59.1 Å². The normalized spacial score (nSPS) is 17.4. The molecular formula is C26H23N3O. The molecule has 30 heavy (non-hydrogen) atoms. The fourth-order valence-corrected chi connectivity index (χ4v) is 3.91. The Morgan fingerprint density at radius 3 is 2.77 bits per heavy atom. The molecular weight excluding hydrogens is 370 g/mol. The van der Waals surface area contributed by atoms with E-state index in [1.807, 2.05) is 18.2 Å². The zero-order valence-electron chi connectivity index (χ0n) is 17.1. The summed E-state index contributed by atoms with van der Waals surface area (Å²) in [6, 6.07) is 17.2. The van der Waals surface area contributed by atoms with Crippen LogP contribution in [0.15, 0.2) is 71.6 Å². The minimum Gasteiger partial charge on any atom is -0.493 e. The van der Waals surface area contributed by atoms with E-state index in [1.165, 1.54) is 22.5 Å². The third kappa shape index (κ3) is 4.14. The van der Waals surface area contributed by atoms with Gasteiger partial charge in [-0.2, -0.15) is 0 Å². The molecule has 0 spiro atoms. The van der Waals surface area contributed by atoms with Gasteiger partial charge in [-0.1, -0.05) is 29.8 Å². The van der Waals surface area contributed by atoms with Crippen LogP contribution in [0.3, 0.4) is 0 Å². The van der Waals surface area contributed by atoms with Crippen LogP contribution >= 0.6 is 0 Å². The molecule has 2 aromatic rings. The molecule has 4 nitrogen and oxygen atoms in total. The van der Waals surface area contributed by atoms with Gasteiger partial charge in [0.2, 0.25) is 0 Å². The molecule has 0 radical (unpaired) electrons. The second-order valence-corrected chi connectivity index (χ2v) is 7.55. The Morgan fingerprint density at radius 2 is 2.00 bits per heavy atom. The Hall–Kier alpha value is -3.76. The number of benzene rings is 2. The van der Waals surface area contributed by atoms with Crippen molar-refractivity contribution in [1.82, 2.24) is 0 Å². The van der Waals surface area contributed by atoms with Crippen molar-refractivity contribution in [2.45, 2.75) is 26.2 Å². The molecule has 0 aromatic heterocycles. The number of hydrogen-bond acceptors (Lipinski definition) is 3. The average molecular weight is 393 g/mol. The number of allylic oxidation sites excluding steroid dienone is 3. The van der Waals surface area contributed by atoms with Gasteiger partial charge in [-0.15, -0.1) is 0 Å². The minimum atomic E-state index is 0.147. The second-order valence-electron chi connectivity index (χ2n) is 7.55. The molecule has 0 N–H and O–H groups in total. The lowest BCUT2D eigenvalue weighted by Gasteiger charge is -2.31. The van der Waals surface area contributed by atoms with Gasteiger partial charge >= 0.3 is 0 Å². The maximum absolute atomic E-state index is 9.09. The van der Waals surface area contributed by atoms with Crippen molar-refractivity contribution < 1.29 is 4.74 Å². The highest BCUT2D eigenvalue weighted by atomic mass is 16.5. The van der Waals surface area contributed by atoms with Gasteiger partial charge in [0.15, 0.2) is 0 Å². The molecule has 0 atom stereocenters. The largest absolute Gasteiger partial charge is 0.493 e. The molecule has 2 heterocycles. The van der Waals surface area contributed by atoms with Crippen LogP contribution in [0.1, 0.15) is 29.5 Å². The second kappa shape index (κ2) is 8.72. The van der Waals surface area contributed by atoms with E-state index in [0.717, 1.165) is 30.5 Å². The number of aryl methyl sites for hydroxylation is 2. The summed E-state index contributed by atoms with van der Waals surface area (Å²) >= 11 is 0. The van der Waals surface area contributed by atoms with E-state index in [0.29, 0.717) is 18.8 Å². The van der Waals surface area contributed by atoms with E-state index < -0.39 is 0 Å². The van der Waals surface area contributed by atoms with Gasteiger partial charge in [-0.25, -0.2) is 10.1 Å². The first kappa shape index (κ1) is 19.6. The van der Waals surface area contributed by atoms with Crippen molar-refractivity contribution >= 4 is 17.5 Å². The maximum atomic E-state index is 9.09. The van der Waals surface area contributed by atoms with Gasteiger partial charge < -0.3 is 9.64 Å². The molecule has 4 rings (SSSR count). The van der Waals surface area contributed by atoms with E-state index >= 15 is 0 Å². The van der Waals surface area contributed by atoms with Crippen molar-refractivity contribution in [2.75, 3.05) is 18.1 Å². The fraction of sp³-hybridized carbons (Fsp3) is 0.231. The van der Waals surface area contributed by atoms with Crippen LogP contribution < -0.4 is 4.90 Å². The van der Waals surface area contributed by atoms with Crippen LogP contribution in [-0.2, 0) is 11.2 Å². The molecule has 2 aliphatic rings. The molecule has 0 fully saturated rings. The van der Waals surface area contributed by atoms with Crippen LogP contribution in [-0.4, -0.2) is 13.2 Å². The number of rotatable bonds is 3. The molecule has 0 amide bonds. The van der Waals surface area contributed by atoms with Gasteiger partial charge in [0, 0.05) is 17.9 Å². The monoisotopic (exact) mass is 393 g/mol. The van der Waals surface area contributed by atoms with E-state index in [1.54, 1.807) is 6.08 Å². The first-order chi connectivity index (χ1) is 14.7. The van der Waals surface area contributed by atoms with Crippen LogP contribution in [0.4, 0.5) is 11.4 Å². The zero-order valence-corrected chi connectivity index (χ0v) is 17.1. The lowest BCUT2D eigenvalue weighted by Crippen LogP contribution is -2.24. The highest BCUT2D eigenvalue weighted by molar-refractivity contribution is 5.70. The van der Waals surface area contributed by atoms with Crippen LogP contribution in [0, 0.1) is 24.8 Å². The molecule has 0 aliphatic carbocycles. The van der Waals surface area contributed by atoms with Crippen molar-refractivity contribution in [3.05, 3.63) is 99.8 Å². The summed E-state index contributed by atoms with van der Waals surface area (Å²) < 4.78 is 5.69. The summed E-state index contributed by atoms with van der Waals surface area (Å²) in [6.07, 6.45) is 8.54. The summed E-state index contributed by atoms with van der Waals surface area (Å²) in [5.74, 6) is 0.687. The fourth-order valence-electron chi connectivity index (χ4n) is 3.91. The summed E-state index contributed by atoms with van der Waals surface area (Å²) in [4.78, 5) is 5.70. The average Bonchev–Trinajstić information content (AvgIpc) is 2.79. The van der Waals surface area contributed by atoms with Crippen molar-refractivity contribution in [3.8, 4) is 6.07 Å². The highest BCUT2D eigenvalue weighted by Gasteiger charge is 2.18. The lowest BCUT2D eigenvalue weighted by atomic mass is 9.98. The first-order valence-corrected chi connectivity index (χ1v) is 10.2. The molecule has 148 valence electrons.